The van der Waals surface area contributed by atoms with E-state index in [1.807, 2.05) is 6.92 Å². The van der Waals surface area contributed by atoms with Crippen LogP contribution in [0.5, 0.6) is 0 Å². The van der Waals surface area contributed by atoms with Crippen molar-refractivity contribution in [3.63, 3.8) is 0 Å². The van der Waals surface area contributed by atoms with Crippen molar-refractivity contribution in [3.05, 3.63) is 29.3 Å². The molecule has 0 aliphatic rings. The zero-order valence-electron chi connectivity index (χ0n) is 10.2. The van der Waals surface area contributed by atoms with E-state index in [1.54, 1.807) is 11.8 Å². The van der Waals surface area contributed by atoms with Crippen LogP contribution in [0.15, 0.2) is 23.1 Å². The molecular formula is C13H18O2S. The summed E-state index contributed by atoms with van der Waals surface area (Å²) >= 11 is 1.72. The van der Waals surface area contributed by atoms with Crippen molar-refractivity contribution in [3.8, 4) is 0 Å². The summed E-state index contributed by atoms with van der Waals surface area (Å²) in [4.78, 5) is 12.4. The topological polar surface area (TPSA) is 26.3 Å². The molecule has 0 aliphatic heterocycles. The van der Waals surface area contributed by atoms with Crippen molar-refractivity contribution in [1.82, 2.24) is 0 Å². The molecule has 0 saturated carbocycles. The molecular weight excluding hydrogens is 220 g/mol. The number of benzene rings is 1. The first kappa shape index (κ1) is 13.1. The smallest absolute Gasteiger partial charge is 0.306 e. The van der Waals surface area contributed by atoms with Gasteiger partial charge in [0, 0.05) is 10.1 Å². The Balaban J connectivity index is 2.62. The van der Waals surface area contributed by atoms with Gasteiger partial charge < -0.3 is 4.74 Å². The molecule has 0 N–H and O–H groups in total. The maximum atomic E-state index is 11.1. The first-order valence-electron chi connectivity index (χ1n) is 5.33. The second kappa shape index (κ2) is 5.94. The summed E-state index contributed by atoms with van der Waals surface area (Å²) in [5, 5.41) is 0.244. The fourth-order valence-corrected chi connectivity index (χ4v) is 2.55. The summed E-state index contributed by atoms with van der Waals surface area (Å²) < 4.78 is 4.66. The number of carbonyl (C=O) groups is 1. The lowest BCUT2D eigenvalue weighted by molar-refractivity contribution is -0.140. The molecule has 0 saturated heterocycles. The van der Waals surface area contributed by atoms with Crippen LogP contribution in [0.4, 0.5) is 0 Å². The maximum Gasteiger partial charge on any atom is 0.306 e. The zero-order valence-corrected chi connectivity index (χ0v) is 11.1. The van der Waals surface area contributed by atoms with Crippen molar-refractivity contribution in [2.45, 2.75) is 37.3 Å². The standard InChI is InChI=1S/C13H18O2S/c1-9-5-6-12(10(2)7-9)16-11(3)8-13(14)15-4/h5-7,11H,8H2,1-4H3. The number of hydrogen-bond donors (Lipinski definition) is 0. The first-order valence-corrected chi connectivity index (χ1v) is 6.21. The number of esters is 1. The highest BCUT2D eigenvalue weighted by atomic mass is 32.2. The minimum atomic E-state index is -0.148. The molecule has 0 spiro atoms. The third-order valence-corrected chi connectivity index (χ3v) is 3.62. The van der Waals surface area contributed by atoms with Gasteiger partial charge in [-0.15, -0.1) is 11.8 Å². The Kier molecular flexibility index (Phi) is 4.87. The quantitative estimate of drug-likeness (QED) is 0.594. The number of carbonyl (C=O) groups excluding carboxylic acids is 1. The van der Waals surface area contributed by atoms with E-state index in [2.05, 4.69) is 36.8 Å². The lowest BCUT2D eigenvalue weighted by Crippen LogP contribution is -2.08. The Bertz CT molecular complexity index is 374. The number of thioether (sulfide) groups is 1. The number of ether oxygens (including phenoxy) is 1. The summed E-state index contributed by atoms with van der Waals surface area (Å²) in [6.07, 6.45) is 0.453. The monoisotopic (exact) mass is 238 g/mol. The third-order valence-electron chi connectivity index (χ3n) is 2.34. The zero-order chi connectivity index (χ0) is 12.1. The van der Waals surface area contributed by atoms with Crippen molar-refractivity contribution >= 4 is 17.7 Å². The second-order valence-corrected chi connectivity index (χ2v) is 5.46. The van der Waals surface area contributed by atoms with Crippen molar-refractivity contribution in [2.75, 3.05) is 7.11 Å². The fourth-order valence-electron chi connectivity index (χ4n) is 1.51. The van der Waals surface area contributed by atoms with Crippen LogP contribution in [0.1, 0.15) is 24.5 Å². The number of hydrogen-bond acceptors (Lipinski definition) is 3. The Morgan fingerprint density at radius 2 is 2.12 bits per heavy atom. The van der Waals surface area contributed by atoms with Crippen LogP contribution in [0.3, 0.4) is 0 Å². The summed E-state index contributed by atoms with van der Waals surface area (Å²) in [5.41, 5.74) is 2.53. The molecule has 88 valence electrons. The SMILES string of the molecule is COC(=O)CC(C)Sc1ccc(C)cc1C. The summed E-state index contributed by atoms with van der Waals surface area (Å²) in [5.74, 6) is -0.148. The molecule has 1 aromatic carbocycles. The summed E-state index contributed by atoms with van der Waals surface area (Å²) in [6.45, 7) is 6.22. The normalized spacial score (nSPS) is 12.2. The fraction of sp³-hybridized carbons (Fsp3) is 0.462. The minimum absolute atomic E-state index is 0.148. The molecule has 2 nitrogen and oxygen atoms in total. The molecule has 1 atom stereocenters. The van der Waals surface area contributed by atoms with Crippen LogP contribution in [0.2, 0.25) is 0 Å². The van der Waals surface area contributed by atoms with E-state index < -0.39 is 0 Å². The number of methoxy groups -OCH3 is 1. The van der Waals surface area contributed by atoms with Gasteiger partial charge in [-0.2, -0.15) is 0 Å². The number of rotatable bonds is 4. The molecule has 3 heteroatoms. The summed E-state index contributed by atoms with van der Waals surface area (Å²) in [7, 11) is 1.43. The highest BCUT2D eigenvalue weighted by Gasteiger charge is 2.11. The van der Waals surface area contributed by atoms with Gasteiger partial charge in [-0.05, 0) is 25.5 Å². The predicted molar refractivity (Wildman–Crippen MR) is 67.9 cm³/mol. The van der Waals surface area contributed by atoms with Gasteiger partial charge in [-0.25, -0.2) is 0 Å². The van der Waals surface area contributed by atoms with Crippen LogP contribution in [-0.4, -0.2) is 18.3 Å². The highest BCUT2D eigenvalue weighted by Crippen LogP contribution is 2.28. The van der Waals surface area contributed by atoms with Gasteiger partial charge >= 0.3 is 5.97 Å². The Morgan fingerprint density at radius 3 is 2.69 bits per heavy atom. The van der Waals surface area contributed by atoms with Crippen LogP contribution >= 0.6 is 11.8 Å². The average Bonchev–Trinajstić information content (AvgIpc) is 2.22. The minimum Gasteiger partial charge on any atom is -0.469 e. The largest absolute Gasteiger partial charge is 0.469 e. The lowest BCUT2D eigenvalue weighted by Gasteiger charge is -2.12. The van der Waals surface area contributed by atoms with E-state index in [0.717, 1.165) is 0 Å². The molecule has 0 radical (unpaired) electrons. The molecule has 0 heterocycles. The molecule has 0 bridgehead atoms. The van der Waals surface area contributed by atoms with Gasteiger partial charge in [-0.1, -0.05) is 24.6 Å². The van der Waals surface area contributed by atoms with Gasteiger partial charge in [0.05, 0.1) is 13.5 Å². The predicted octanol–water partition coefficient (Wildman–Crippen LogP) is 3.35. The molecule has 0 amide bonds. The second-order valence-electron chi connectivity index (χ2n) is 3.98. The van der Waals surface area contributed by atoms with E-state index in [9.17, 15) is 4.79 Å². The molecule has 1 rings (SSSR count). The molecule has 1 aromatic rings. The van der Waals surface area contributed by atoms with Gasteiger partial charge in [0.2, 0.25) is 0 Å². The molecule has 0 fully saturated rings. The Morgan fingerprint density at radius 1 is 1.44 bits per heavy atom. The molecule has 0 aliphatic carbocycles. The summed E-state index contributed by atoms with van der Waals surface area (Å²) in [6, 6.07) is 6.37. The Hall–Kier alpha value is -0.960. The van der Waals surface area contributed by atoms with Crippen molar-refractivity contribution in [1.29, 1.82) is 0 Å². The Labute approximate surface area is 101 Å². The van der Waals surface area contributed by atoms with Crippen LogP contribution in [0, 0.1) is 13.8 Å². The third kappa shape index (κ3) is 3.89. The van der Waals surface area contributed by atoms with Gasteiger partial charge in [0.25, 0.3) is 0 Å². The van der Waals surface area contributed by atoms with Crippen LogP contribution in [-0.2, 0) is 9.53 Å². The van der Waals surface area contributed by atoms with Gasteiger partial charge in [-0.3, -0.25) is 4.79 Å². The van der Waals surface area contributed by atoms with E-state index in [1.165, 1.54) is 23.1 Å². The average molecular weight is 238 g/mol. The van der Waals surface area contributed by atoms with E-state index >= 15 is 0 Å². The molecule has 1 unspecified atom stereocenters. The number of aryl methyl sites for hydroxylation is 2. The first-order chi connectivity index (χ1) is 7.52. The van der Waals surface area contributed by atoms with E-state index in [4.69, 9.17) is 0 Å². The van der Waals surface area contributed by atoms with Crippen molar-refractivity contribution in [2.24, 2.45) is 0 Å². The van der Waals surface area contributed by atoms with Gasteiger partial charge in [0.15, 0.2) is 0 Å². The lowest BCUT2D eigenvalue weighted by atomic mass is 10.2. The van der Waals surface area contributed by atoms with E-state index in [-0.39, 0.29) is 11.2 Å². The van der Waals surface area contributed by atoms with Gasteiger partial charge in [0.1, 0.15) is 0 Å². The van der Waals surface area contributed by atoms with Crippen molar-refractivity contribution < 1.29 is 9.53 Å². The van der Waals surface area contributed by atoms with Crippen LogP contribution < -0.4 is 0 Å². The van der Waals surface area contributed by atoms with Crippen LogP contribution in [0.25, 0.3) is 0 Å². The molecule has 0 aromatic heterocycles. The highest BCUT2D eigenvalue weighted by molar-refractivity contribution is 8.00. The van der Waals surface area contributed by atoms with E-state index in [0.29, 0.717) is 6.42 Å². The maximum absolute atomic E-state index is 11.1. The molecule has 16 heavy (non-hydrogen) atoms.